The van der Waals surface area contributed by atoms with Crippen LogP contribution in [0.1, 0.15) is 0 Å². The fourth-order valence-corrected chi connectivity index (χ4v) is 1.12. The quantitative estimate of drug-likeness (QED) is 0.558. The molecule has 0 aliphatic heterocycles. The predicted octanol–water partition coefficient (Wildman–Crippen LogP) is 0.608. The molecule has 0 atom stereocenters. The van der Waals surface area contributed by atoms with Gasteiger partial charge in [-0.25, -0.2) is 8.42 Å². The Balaban J connectivity index is 2.57. The molecule has 6 heteroatoms. The van der Waals surface area contributed by atoms with Gasteiger partial charge in [0, 0.05) is 0 Å². The maximum Gasteiger partial charge on any atom is 0.258 e. The number of para-hydroxylation sites is 2. The van der Waals surface area contributed by atoms with Crippen LogP contribution in [-0.4, -0.2) is 22.3 Å². The lowest BCUT2D eigenvalue weighted by molar-refractivity contribution is 0.358. The monoisotopic (exact) mass is 217 g/mol. The normalized spacial score (nSPS) is 10.1. The first-order chi connectivity index (χ1) is 6.74. The van der Waals surface area contributed by atoms with Crippen molar-refractivity contribution in [2.75, 3.05) is 19.2 Å². The fourth-order valence-electron chi connectivity index (χ4n) is 0.953. The highest BCUT2D eigenvalue weighted by Crippen LogP contribution is 2.22. The first kappa shape index (κ1) is 10.8. The van der Waals surface area contributed by atoms with Gasteiger partial charge in [0.2, 0.25) is 0 Å². The van der Waals surface area contributed by atoms with E-state index in [1.807, 2.05) is 12.1 Å². The molecule has 0 aromatic heterocycles. The van der Waals surface area contributed by atoms with Crippen molar-refractivity contribution in [3.8, 4) is 5.75 Å². The highest BCUT2D eigenvalue weighted by molar-refractivity contribution is 7.67. The van der Waals surface area contributed by atoms with E-state index in [9.17, 15) is 8.42 Å². The Morgan fingerprint density at radius 1 is 1.36 bits per heavy atom. The number of hydrogen-bond acceptors (Lipinski definition) is 5. The highest BCUT2D eigenvalue weighted by atomic mass is 32.2. The van der Waals surface area contributed by atoms with Gasteiger partial charge in [-0.05, 0) is 12.1 Å². The molecule has 0 aliphatic carbocycles. The summed E-state index contributed by atoms with van der Waals surface area (Å²) in [6.07, 6.45) is 0. The van der Waals surface area contributed by atoms with Crippen LogP contribution in [0.4, 0.5) is 5.69 Å². The second-order valence-corrected chi connectivity index (χ2v) is 3.08. The smallest absolute Gasteiger partial charge is 0.258 e. The van der Waals surface area contributed by atoms with E-state index in [1.165, 1.54) is 7.11 Å². The molecule has 5 nitrogen and oxygen atoms in total. The average molecular weight is 217 g/mol. The molecule has 0 aliphatic rings. The molecule has 0 unspecified atom stereocenters. The van der Waals surface area contributed by atoms with Gasteiger partial charge in [0.15, 0.2) is 0 Å². The molecule has 0 saturated carbocycles. The number of rotatable bonds is 5. The molecule has 1 rings (SSSR count). The molecule has 0 amide bonds. The number of anilines is 1. The molecule has 1 N–H and O–H groups in total. The third-order valence-electron chi connectivity index (χ3n) is 1.54. The molecule has 1 aromatic carbocycles. The number of nitrogens with one attached hydrogen (secondary N) is 1. The van der Waals surface area contributed by atoms with Crippen LogP contribution in [0.3, 0.4) is 0 Å². The molecule has 0 saturated heterocycles. The summed E-state index contributed by atoms with van der Waals surface area (Å²) < 4.78 is 29.5. The van der Waals surface area contributed by atoms with E-state index in [0.29, 0.717) is 11.4 Å². The van der Waals surface area contributed by atoms with Gasteiger partial charge < -0.3 is 10.1 Å². The Labute approximate surface area is 83.8 Å². The van der Waals surface area contributed by atoms with Crippen molar-refractivity contribution in [2.45, 2.75) is 0 Å². The van der Waals surface area contributed by atoms with E-state index >= 15 is 0 Å². The number of hydrogen-bond donors (Lipinski definition) is 2. The number of thiol groups is 1. The summed E-state index contributed by atoms with van der Waals surface area (Å²) in [5.74, 6) is 0.636. The first-order valence-corrected chi connectivity index (χ1v) is 4.98. The molecule has 14 heavy (non-hydrogen) atoms. The SMILES string of the molecule is COc1ccccc1NCO[SH](=O)=O. The lowest BCUT2D eigenvalue weighted by atomic mass is 10.3. The van der Waals surface area contributed by atoms with Gasteiger partial charge in [-0.15, -0.1) is 0 Å². The second-order valence-electron chi connectivity index (χ2n) is 2.37. The summed E-state index contributed by atoms with van der Waals surface area (Å²) in [4.78, 5) is 0. The van der Waals surface area contributed by atoms with Crippen molar-refractivity contribution in [3.63, 3.8) is 0 Å². The highest BCUT2D eigenvalue weighted by Gasteiger charge is 1.99. The van der Waals surface area contributed by atoms with Crippen LogP contribution >= 0.6 is 0 Å². The number of ether oxygens (including phenoxy) is 1. The van der Waals surface area contributed by atoms with Crippen molar-refractivity contribution < 1.29 is 17.3 Å². The van der Waals surface area contributed by atoms with Crippen LogP contribution in [0, 0.1) is 0 Å². The molecule has 0 fully saturated rings. The van der Waals surface area contributed by atoms with Crippen LogP contribution < -0.4 is 10.1 Å². The van der Waals surface area contributed by atoms with E-state index < -0.39 is 11.0 Å². The van der Waals surface area contributed by atoms with Crippen molar-refractivity contribution in [1.29, 1.82) is 0 Å². The zero-order valence-corrected chi connectivity index (χ0v) is 8.49. The van der Waals surface area contributed by atoms with Gasteiger partial charge in [-0.2, -0.15) is 0 Å². The molecular formula is C8H11NO4S. The van der Waals surface area contributed by atoms with Gasteiger partial charge >= 0.3 is 0 Å². The van der Waals surface area contributed by atoms with Gasteiger partial charge in [0.25, 0.3) is 11.0 Å². The lowest BCUT2D eigenvalue weighted by Gasteiger charge is -2.08. The maximum absolute atomic E-state index is 10.1. The number of methoxy groups -OCH3 is 1. The minimum absolute atomic E-state index is 0.0981. The number of benzene rings is 1. The zero-order chi connectivity index (χ0) is 10.4. The molecule has 0 heterocycles. The maximum atomic E-state index is 10.1. The third kappa shape index (κ3) is 3.23. The van der Waals surface area contributed by atoms with Crippen LogP contribution in [0.5, 0.6) is 5.75 Å². The summed E-state index contributed by atoms with van der Waals surface area (Å²) in [6, 6.07) is 7.15. The van der Waals surface area contributed by atoms with Crippen molar-refractivity contribution >= 4 is 16.7 Å². The van der Waals surface area contributed by atoms with Crippen molar-refractivity contribution in [2.24, 2.45) is 0 Å². The second kappa shape index (κ2) is 5.46. The van der Waals surface area contributed by atoms with Crippen LogP contribution in [0.2, 0.25) is 0 Å². The summed E-state index contributed by atoms with van der Waals surface area (Å²) in [5, 5.41) is 2.76. The minimum atomic E-state index is -2.81. The topological polar surface area (TPSA) is 64.6 Å². The molecule has 0 radical (unpaired) electrons. The third-order valence-corrected chi connectivity index (χ3v) is 1.88. The van der Waals surface area contributed by atoms with Crippen molar-refractivity contribution in [1.82, 2.24) is 0 Å². The van der Waals surface area contributed by atoms with E-state index in [0.717, 1.165) is 0 Å². The van der Waals surface area contributed by atoms with Crippen LogP contribution in [-0.2, 0) is 15.2 Å². The average Bonchev–Trinajstić information content (AvgIpc) is 2.18. The Bertz CT molecular complexity index is 356. The standard InChI is InChI=1S/C8H11NO4S/c1-12-8-5-3-2-4-7(8)9-6-13-14(10)11/h2-5,9,14H,6H2,1H3. The summed E-state index contributed by atoms with van der Waals surface area (Å²) in [7, 11) is -1.28. The zero-order valence-electron chi connectivity index (χ0n) is 7.60. The lowest BCUT2D eigenvalue weighted by Crippen LogP contribution is -2.05. The van der Waals surface area contributed by atoms with Gasteiger partial charge in [0.1, 0.15) is 12.5 Å². The molecule has 1 aromatic rings. The Hall–Kier alpha value is -1.27. The first-order valence-electron chi connectivity index (χ1n) is 3.88. The fraction of sp³-hybridized carbons (Fsp3) is 0.250. The van der Waals surface area contributed by atoms with Crippen molar-refractivity contribution in [3.05, 3.63) is 24.3 Å². The van der Waals surface area contributed by atoms with Gasteiger partial charge in [-0.3, -0.25) is 4.18 Å². The Morgan fingerprint density at radius 2 is 2.07 bits per heavy atom. The summed E-state index contributed by atoms with van der Waals surface area (Å²) >= 11 is 0. The van der Waals surface area contributed by atoms with E-state index in [1.54, 1.807) is 12.1 Å². The minimum Gasteiger partial charge on any atom is -0.495 e. The Morgan fingerprint density at radius 3 is 2.71 bits per heavy atom. The van der Waals surface area contributed by atoms with Crippen LogP contribution in [0.15, 0.2) is 24.3 Å². The molecule has 0 spiro atoms. The molecular weight excluding hydrogens is 206 g/mol. The van der Waals surface area contributed by atoms with E-state index in [4.69, 9.17) is 4.74 Å². The van der Waals surface area contributed by atoms with E-state index in [2.05, 4.69) is 9.50 Å². The summed E-state index contributed by atoms with van der Waals surface area (Å²) in [5.41, 5.74) is 0.687. The molecule has 78 valence electrons. The summed E-state index contributed by atoms with van der Waals surface area (Å²) in [6.45, 7) is -0.0981. The van der Waals surface area contributed by atoms with Gasteiger partial charge in [0.05, 0.1) is 12.8 Å². The van der Waals surface area contributed by atoms with Gasteiger partial charge in [-0.1, -0.05) is 12.1 Å². The molecule has 0 bridgehead atoms. The Kier molecular flexibility index (Phi) is 4.21. The largest absolute Gasteiger partial charge is 0.495 e. The van der Waals surface area contributed by atoms with E-state index in [-0.39, 0.29) is 6.73 Å². The van der Waals surface area contributed by atoms with Crippen LogP contribution in [0.25, 0.3) is 0 Å². The predicted molar refractivity (Wildman–Crippen MR) is 52.9 cm³/mol.